The lowest BCUT2D eigenvalue weighted by atomic mass is 9.89. The van der Waals surface area contributed by atoms with Crippen molar-refractivity contribution in [3.63, 3.8) is 0 Å². The van der Waals surface area contributed by atoms with Gasteiger partial charge >= 0.3 is 0 Å². The molecule has 0 saturated carbocycles. The minimum Gasteiger partial charge on any atom is -0.497 e. The zero-order valence-corrected chi connectivity index (χ0v) is 19.6. The minimum atomic E-state index is -3.68. The molecule has 168 valence electrons. The number of methoxy groups -OCH3 is 1. The molecular formula is C23H30N2O5S. The maximum absolute atomic E-state index is 13.2. The first kappa shape index (κ1) is 22.9. The van der Waals surface area contributed by atoms with Crippen LogP contribution in [0, 0.1) is 6.92 Å². The molecule has 2 atom stereocenters. The number of sulfonamides is 1. The molecule has 0 fully saturated rings. The lowest BCUT2D eigenvalue weighted by Crippen LogP contribution is -2.50. The Labute approximate surface area is 184 Å². The number of rotatable bonds is 6. The van der Waals surface area contributed by atoms with Crippen molar-refractivity contribution in [1.29, 1.82) is 0 Å². The number of nitrogens with zero attached hydrogens (tertiary/aromatic N) is 1. The van der Waals surface area contributed by atoms with Crippen LogP contribution in [0.4, 0.5) is 5.69 Å². The molecule has 0 bridgehead atoms. The summed E-state index contributed by atoms with van der Waals surface area (Å²) in [5, 5.41) is 3.04. The van der Waals surface area contributed by atoms with Gasteiger partial charge in [-0.2, -0.15) is 0 Å². The summed E-state index contributed by atoms with van der Waals surface area (Å²) >= 11 is 0. The van der Waals surface area contributed by atoms with Gasteiger partial charge in [-0.25, -0.2) is 8.42 Å². The minimum absolute atomic E-state index is 0.320. The molecule has 2 aromatic carbocycles. The first-order valence-corrected chi connectivity index (χ1v) is 12.0. The molecular weight excluding hydrogens is 416 g/mol. The molecule has 0 saturated heterocycles. The summed E-state index contributed by atoms with van der Waals surface area (Å²) in [7, 11) is -2.09. The summed E-state index contributed by atoms with van der Waals surface area (Å²) in [4.78, 5) is 13.2. The van der Waals surface area contributed by atoms with E-state index in [0.717, 1.165) is 21.7 Å². The molecule has 1 N–H and O–H groups in total. The Balaban J connectivity index is 1.89. The third-order valence-electron chi connectivity index (χ3n) is 5.37. The molecule has 1 aliphatic rings. The fourth-order valence-electron chi connectivity index (χ4n) is 3.88. The van der Waals surface area contributed by atoms with Crippen LogP contribution >= 0.6 is 0 Å². The second-order valence-electron chi connectivity index (χ2n) is 8.60. The molecule has 0 spiro atoms. The van der Waals surface area contributed by atoms with E-state index in [-0.39, 0.29) is 11.9 Å². The number of carbonyl (C=O) groups excluding carboxylic acids is 1. The number of fused-ring (bicyclic) bond motifs is 1. The van der Waals surface area contributed by atoms with Crippen LogP contribution in [0.1, 0.15) is 44.4 Å². The van der Waals surface area contributed by atoms with Crippen LogP contribution in [0.5, 0.6) is 11.5 Å². The Bertz CT molecular complexity index is 1060. The Morgan fingerprint density at radius 2 is 1.87 bits per heavy atom. The second-order valence-corrected chi connectivity index (χ2v) is 10.5. The van der Waals surface area contributed by atoms with Crippen LogP contribution in [0.15, 0.2) is 42.5 Å². The van der Waals surface area contributed by atoms with E-state index in [4.69, 9.17) is 9.47 Å². The number of benzene rings is 2. The molecule has 31 heavy (non-hydrogen) atoms. The van der Waals surface area contributed by atoms with Gasteiger partial charge < -0.3 is 14.8 Å². The molecule has 3 rings (SSSR count). The van der Waals surface area contributed by atoms with Gasteiger partial charge in [0, 0.05) is 18.1 Å². The molecule has 8 heteroatoms. The fourth-order valence-corrected chi connectivity index (χ4v) is 5.06. The average molecular weight is 447 g/mol. The summed E-state index contributed by atoms with van der Waals surface area (Å²) in [6, 6.07) is 11.3. The van der Waals surface area contributed by atoms with Gasteiger partial charge in [0.2, 0.25) is 15.9 Å². The highest BCUT2D eigenvalue weighted by Crippen LogP contribution is 2.41. The van der Waals surface area contributed by atoms with Crippen molar-refractivity contribution in [2.24, 2.45) is 0 Å². The third-order valence-corrected chi connectivity index (χ3v) is 6.61. The maximum atomic E-state index is 13.2. The normalized spacial score (nSPS) is 18.3. The van der Waals surface area contributed by atoms with E-state index in [0.29, 0.717) is 23.6 Å². The summed E-state index contributed by atoms with van der Waals surface area (Å²) in [5.74, 6) is 0.931. The van der Waals surface area contributed by atoms with Gasteiger partial charge in [-0.1, -0.05) is 17.7 Å². The van der Waals surface area contributed by atoms with Crippen LogP contribution in [0.3, 0.4) is 0 Å². The van der Waals surface area contributed by atoms with E-state index in [9.17, 15) is 13.2 Å². The smallest absolute Gasteiger partial charge is 0.244 e. The van der Waals surface area contributed by atoms with Crippen LogP contribution in [0.2, 0.25) is 0 Å². The maximum Gasteiger partial charge on any atom is 0.244 e. The number of ether oxygens (including phenoxy) is 2. The van der Waals surface area contributed by atoms with Gasteiger partial charge in [0.1, 0.15) is 23.1 Å². The second kappa shape index (κ2) is 8.42. The summed E-state index contributed by atoms with van der Waals surface area (Å²) in [6.07, 6.45) is 1.66. The third kappa shape index (κ3) is 5.12. The van der Waals surface area contributed by atoms with E-state index in [1.165, 1.54) is 0 Å². The summed E-state index contributed by atoms with van der Waals surface area (Å²) < 4.78 is 37.6. The quantitative estimate of drug-likeness (QED) is 0.733. The van der Waals surface area contributed by atoms with Crippen molar-refractivity contribution in [3.8, 4) is 11.5 Å². The predicted molar refractivity (Wildman–Crippen MR) is 121 cm³/mol. The van der Waals surface area contributed by atoms with Crippen molar-refractivity contribution in [2.45, 2.75) is 51.8 Å². The van der Waals surface area contributed by atoms with E-state index < -0.39 is 21.7 Å². The molecule has 0 aliphatic carbocycles. The molecule has 0 radical (unpaired) electrons. The highest BCUT2D eigenvalue weighted by molar-refractivity contribution is 7.92. The molecule has 1 aliphatic heterocycles. The average Bonchev–Trinajstić information content (AvgIpc) is 2.67. The topological polar surface area (TPSA) is 84.9 Å². The number of hydrogen-bond donors (Lipinski definition) is 1. The lowest BCUT2D eigenvalue weighted by Gasteiger charge is -2.39. The van der Waals surface area contributed by atoms with Gasteiger partial charge in [0.25, 0.3) is 0 Å². The van der Waals surface area contributed by atoms with Crippen molar-refractivity contribution in [2.75, 3.05) is 17.7 Å². The molecule has 1 heterocycles. The van der Waals surface area contributed by atoms with Crippen molar-refractivity contribution in [1.82, 2.24) is 5.32 Å². The number of nitrogens with one attached hydrogen (secondary N) is 1. The number of amides is 1. The van der Waals surface area contributed by atoms with Gasteiger partial charge in [-0.15, -0.1) is 0 Å². The standard InChI is InChI=1S/C23H30N2O5S/c1-15-7-9-17(10-8-15)25(31(6,27)28)16(2)22(26)24-20-14-23(3,4)30-21-13-18(29-5)11-12-19(20)21/h7-13,16,20H,14H2,1-6H3,(H,24,26). The molecule has 2 aromatic rings. The van der Waals surface area contributed by atoms with Crippen molar-refractivity contribution in [3.05, 3.63) is 53.6 Å². The SMILES string of the molecule is COc1ccc2c(c1)OC(C)(C)CC2NC(=O)C(C)N(c1ccc(C)cc1)S(C)(=O)=O. The number of aryl methyl sites for hydroxylation is 1. The predicted octanol–water partition coefficient (Wildman–Crippen LogP) is 3.58. The van der Waals surface area contributed by atoms with E-state index in [1.54, 1.807) is 32.2 Å². The Morgan fingerprint density at radius 3 is 2.45 bits per heavy atom. The Kier molecular flexibility index (Phi) is 6.23. The van der Waals surface area contributed by atoms with Crippen molar-refractivity contribution < 1.29 is 22.7 Å². The van der Waals surface area contributed by atoms with E-state index >= 15 is 0 Å². The molecule has 0 aromatic heterocycles. The lowest BCUT2D eigenvalue weighted by molar-refractivity contribution is -0.123. The van der Waals surface area contributed by atoms with E-state index in [1.807, 2.05) is 45.0 Å². The van der Waals surface area contributed by atoms with E-state index in [2.05, 4.69) is 5.32 Å². The number of carbonyl (C=O) groups is 1. The van der Waals surface area contributed by atoms with Crippen LogP contribution in [0.25, 0.3) is 0 Å². The zero-order chi connectivity index (χ0) is 23.0. The zero-order valence-electron chi connectivity index (χ0n) is 18.8. The van der Waals surface area contributed by atoms with Crippen molar-refractivity contribution >= 4 is 21.6 Å². The Hall–Kier alpha value is -2.74. The van der Waals surface area contributed by atoms with Crippen LogP contribution in [-0.4, -0.2) is 39.3 Å². The molecule has 7 nitrogen and oxygen atoms in total. The summed E-state index contributed by atoms with van der Waals surface area (Å²) in [6.45, 7) is 7.42. The highest BCUT2D eigenvalue weighted by Gasteiger charge is 2.37. The number of anilines is 1. The monoisotopic (exact) mass is 446 g/mol. The van der Waals surface area contributed by atoms with Crippen LogP contribution < -0.4 is 19.1 Å². The number of hydrogen-bond acceptors (Lipinski definition) is 5. The van der Waals surface area contributed by atoms with Gasteiger partial charge in [-0.3, -0.25) is 9.10 Å². The first-order chi connectivity index (χ1) is 14.4. The Morgan fingerprint density at radius 1 is 1.23 bits per heavy atom. The highest BCUT2D eigenvalue weighted by atomic mass is 32.2. The van der Waals surface area contributed by atoms with Gasteiger partial charge in [0.05, 0.1) is 25.1 Å². The molecule has 1 amide bonds. The van der Waals surface area contributed by atoms with Gasteiger partial charge in [-0.05, 0) is 52.0 Å². The summed E-state index contributed by atoms with van der Waals surface area (Å²) in [5.41, 5.74) is 1.79. The first-order valence-electron chi connectivity index (χ1n) is 10.1. The van der Waals surface area contributed by atoms with Gasteiger partial charge in [0.15, 0.2) is 0 Å². The largest absolute Gasteiger partial charge is 0.497 e. The molecule has 2 unspecified atom stereocenters. The fraction of sp³-hybridized carbons (Fsp3) is 0.435. The van der Waals surface area contributed by atoms with Crippen LogP contribution in [-0.2, 0) is 14.8 Å².